The summed E-state index contributed by atoms with van der Waals surface area (Å²) in [7, 11) is 0. The lowest BCUT2D eigenvalue weighted by atomic mass is 10.2. The van der Waals surface area contributed by atoms with Crippen LogP contribution in [-0.4, -0.2) is 16.7 Å². The van der Waals surface area contributed by atoms with E-state index < -0.39 is 0 Å². The summed E-state index contributed by atoms with van der Waals surface area (Å²) >= 11 is 0. The smallest absolute Gasteiger partial charge is 0.229 e. The molecule has 21 heavy (non-hydrogen) atoms. The molecular formula is C17H15NO3. The first-order chi connectivity index (χ1) is 10.2. The van der Waals surface area contributed by atoms with Gasteiger partial charge in [-0.2, -0.15) is 0 Å². The van der Waals surface area contributed by atoms with E-state index in [-0.39, 0.29) is 11.8 Å². The molecule has 3 rings (SSSR count). The van der Waals surface area contributed by atoms with Gasteiger partial charge in [0.25, 0.3) is 0 Å². The van der Waals surface area contributed by atoms with Crippen LogP contribution in [-0.2, 0) is 16.1 Å². The Balaban J connectivity index is 1.67. The molecule has 0 bridgehead atoms. The van der Waals surface area contributed by atoms with E-state index in [1.54, 1.807) is 0 Å². The molecule has 0 aromatic heterocycles. The highest BCUT2D eigenvalue weighted by Gasteiger charge is 2.28. The van der Waals surface area contributed by atoms with Crippen molar-refractivity contribution in [2.45, 2.75) is 19.4 Å². The number of likely N-dealkylation sites (tertiary alicyclic amines) is 1. The summed E-state index contributed by atoms with van der Waals surface area (Å²) < 4.78 is 5.70. The Labute approximate surface area is 123 Å². The van der Waals surface area contributed by atoms with Crippen molar-refractivity contribution in [3.05, 3.63) is 60.2 Å². The van der Waals surface area contributed by atoms with Crippen molar-refractivity contribution < 1.29 is 14.3 Å². The molecule has 0 atom stereocenters. The molecule has 0 N–H and O–H groups in total. The zero-order valence-corrected chi connectivity index (χ0v) is 11.5. The Kier molecular flexibility index (Phi) is 3.69. The summed E-state index contributed by atoms with van der Waals surface area (Å²) in [6.07, 6.45) is 0.655. The summed E-state index contributed by atoms with van der Waals surface area (Å²) in [4.78, 5) is 24.5. The number of benzene rings is 2. The van der Waals surface area contributed by atoms with Crippen molar-refractivity contribution in [3.8, 4) is 11.5 Å². The molecule has 1 aliphatic heterocycles. The number of imide groups is 1. The lowest BCUT2D eigenvalue weighted by Gasteiger charge is -2.14. The van der Waals surface area contributed by atoms with Crippen molar-refractivity contribution in [2.75, 3.05) is 0 Å². The molecule has 0 unspecified atom stereocenters. The molecule has 2 amide bonds. The van der Waals surface area contributed by atoms with Gasteiger partial charge in [0, 0.05) is 12.8 Å². The van der Waals surface area contributed by atoms with E-state index in [4.69, 9.17) is 4.74 Å². The fourth-order valence-electron chi connectivity index (χ4n) is 2.27. The standard InChI is InChI=1S/C17H15NO3/c19-16-10-11-17(20)18(16)12-13-6-8-15(9-7-13)21-14-4-2-1-3-5-14/h1-9H,10-12H2. The van der Waals surface area contributed by atoms with Gasteiger partial charge in [0.05, 0.1) is 6.54 Å². The Hall–Kier alpha value is -2.62. The molecule has 4 heteroatoms. The number of ether oxygens (including phenoxy) is 1. The quantitative estimate of drug-likeness (QED) is 0.809. The largest absolute Gasteiger partial charge is 0.457 e. The van der Waals surface area contributed by atoms with Crippen LogP contribution in [0.1, 0.15) is 18.4 Å². The minimum absolute atomic E-state index is 0.0930. The summed E-state index contributed by atoms with van der Waals surface area (Å²) in [5.74, 6) is 1.31. The van der Waals surface area contributed by atoms with Gasteiger partial charge in [-0.3, -0.25) is 14.5 Å². The topological polar surface area (TPSA) is 46.6 Å². The number of hydrogen-bond donors (Lipinski definition) is 0. The molecule has 0 aliphatic carbocycles. The highest BCUT2D eigenvalue weighted by atomic mass is 16.5. The molecule has 1 aliphatic rings. The number of carbonyl (C=O) groups excluding carboxylic acids is 2. The Morgan fingerprint density at radius 2 is 1.38 bits per heavy atom. The zero-order chi connectivity index (χ0) is 14.7. The van der Waals surface area contributed by atoms with Gasteiger partial charge in [-0.05, 0) is 29.8 Å². The van der Waals surface area contributed by atoms with E-state index in [2.05, 4.69) is 0 Å². The maximum atomic E-state index is 11.6. The van der Waals surface area contributed by atoms with Crippen LogP contribution in [0.4, 0.5) is 0 Å². The number of para-hydroxylation sites is 1. The second-order valence-corrected chi connectivity index (χ2v) is 4.93. The van der Waals surface area contributed by atoms with Crippen molar-refractivity contribution in [1.82, 2.24) is 4.90 Å². The van der Waals surface area contributed by atoms with Crippen LogP contribution in [0.3, 0.4) is 0 Å². The molecular weight excluding hydrogens is 266 g/mol. The van der Waals surface area contributed by atoms with E-state index in [1.165, 1.54) is 4.90 Å². The van der Waals surface area contributed by atoms with Crippen LogP contribution in [0, 0.1) is 0 Å². The number of carbonyl (C=O) groups is 2. The van der Waals surface area contributed by atoms with E-state index in [0.717, 1.165) is 17.1 Å². The first-order valence-corrected chi connectivity index (χ1v) is 6.87. The second kappa shape index (κ2) is 5.79. The monoisotopic (exact) mass is 281 g/mol. The van der Waals surface area contributed by atoms with E-state index >= 15 is 0 Å². The fourth-order valence-corrected chi connectivity index (χ4v) is 2.27. The van der Waals surface area contributed by atoms with Crippen molar-refractivity contribution in [2.24, 2.45) is 0 Å². The molecule has 1 fully saturated rings. The third-order valence-corrected chi connectivity index (χ3v) is 3.40. The number of amides is 2. The number of nitrogens with zero attached hydrogens (tertiary/aromatic N) is 1. The summed E-state index contributed by atoms with van der Waals surface area (Å²) in [6, 6.07) is 16.9. The van der Waals surface area contributed by atoms with Crippen LogP contribution in [0.5, 0.6) is 11.5 Å². The molecule has 2 aromatic rings. The molecule has 2 aromatic carbocycles. The highest BCUT2D eigenvalue weighted by Crippen LogP contribution is 2.22. The fraction of sp³-hybridized carbons (Fsp3) is 0.176. The minimum Gasteiger partial charge on any atom is -0.457 e. The molecule has 0 spiro atoms. The van der Waals surface area contributed by atoms with Gasteiger partial charge < -0.3 is 4.74 Å². The van der Waals surface area contributed by atoms with Gasteiger partial charge >= 0.3 is 0 Å². The summed E-state index contributed by atoms with van der Waals surface area (Å²) in [5.41, 5.74) is 0.916. The molecule has 1 heterocycles. The van der Waals surface area contributed by atoms with E-state index in [9.17, 15) is 9.59 Å². The van der Waals surface area contributed by atoms with Crippen molar-refractivity contribution >= 4 is 11.8 Å². The average Bonchev–Trinajstić information content (AvgIpc) is 2.82. The zero-order valence-electron chi connectivity index (χ0n) is 11.5. The van der Waals surface area contributed by atoms with E-state index in [0.29, 0.717) is 19.4 Å². The van der Waals surface area contributed by atoms with Gasteiger partial charge in [-0.1, -0.05) is 30.3 Å². The minimum atomic E-state index is -0.0930. The summed E-state index contributed by atoms with van der Waals surface area (Å²) in [5, 5.41) is 0. The first-order valence-electron chi connectivity index (χ1n) is 6.87. The maximum absolute atomic E-state index is 11.6. The lowest BCUT2D eigenvalue weighted by molar-refractivity contribution is -0.139. The molecule has 0 radical (unpaired) electrons. The predicted octanol–water partition coefficient (Wildman–Crippen LogP) is 3.13. The molecule has 106 valence electrons. The van der Waals surface area contributed by atoms with Crippen LogP contribution < -0.4 is 4.74 Å². The van der Waals surface area contributed by atoms with E-state index in [1.807, 2.05) is 54.6 Å². The average molecular weight is 281 g/mol. The molecule has 4 nitrogen and oxygen atoms in total. The SMILES string of the molecule is O=C1CCC(=O)N1Cc1ccc(Oc2ccccc2)cc1. The Morgan fingerprint density at radius 3 is 2.00 bits per heavy atom. The van der Waals surface area contributed by atoms with Crippen LogP contribution in [0.2, 0.25) is 0 Å². The van der Waals surface area contributed by atoms with Gasteiger partial charge in [0.1, 0.15) is 11.5 Å². The maximum Gasteiger partial charge on any atom is 0.229 e. The molecule has 1 saturated heterocycles. The first kappa shape index (κ1) is 13.4. The van der Waals surface area contributed by atoms with Crippen LogP contribution >= 0.6 is 0 Å². The third-order valence-electron chi connectivity index (χ3n) is 3.40. The normalized spacial score (nSPS) is 14.6. The van der Waals surface area contributed by atoms with Gasteiger partial charge in [0.2, 0.25) is 11.8 Å². The predicted molar refractivity (Wildman–Crippen MR) is 77.7 cm³/mol. The summed E-state index contributed by atoms with van der Waals surface area (Å²) in [6.45, 7) is 0.337. The number of rotatable bonds is 4. The Bertz CT molecular complexity index is 633. The second-order valence-electron chi connectivity index (χ2n) is 4.93. The van der Waals surface area contributed by atoms with Crippen LogP contribution in [0.25, 0.3) is 0 Å². The highest BCUT2D eigenvalue weighted by molar-refractivity contribution is 6.01. The third kappa shape index (κ3) is 3.11. The van der Waals surface area contributed by atoms with Gasteiger partial charge in [0.15, 0.2) is 0 Å². The van der Waals surface area contributed by atoms with Gasteiger partial charge in [-0.25, -0.2) is 0 Å². The van der Waals surface area contributed by atoms with Crippen LogP contribution in [0.15, 0.2) is 54.6 Å². The van der Waals surface area contributed by atoms with Crippen molar-refractivity contribution in [1.29, 1.82) is 0 Å². The Morgan fingerprint density at radius 1 is 0.810 bits per heavy atom. The molecule has 0 saturated carbocycles. The number of hydrogen-bond acceptors (Lipinski definition) is 3. The van der Waals surface area contributed by atoms with Crippen molar-refractivity contribution in [3.63, 3.8) is 0 Å². The van der Waals surface area contributed by atoms with Gasteiger partial charge in [-0.15, -0.1) is 0 Å². The lowest BCUT2D eigenvalue weighted by Crippen LogP contribution is -2.28.